The molecule has 0 radical (unpaired) electrons. The topological polar surface area (TPSA) is 55.6 Å². The Labute approximate surface area is 115 Å². The summed E-state index contributed by atoms with van der Waals surface area (Å²) in [6.45, 7) is 3.83. The third-order valence-corrected chi connectivity index (χ3v) is 4.63. The smallest absolute Gasteiger partial charge is 0.266 e. The van der Waals surface area contributed by atoms with E-state index in [9.17, 15) is 4.79 Å². The lowest BCUT2D eigenvalue weighted by Gasteiger charge is -2.33. The van der Waals surface area contributed by atoms with Crippen molar-refractivity contribution in [2.24, 2.45) is 0 Å². The predicted molar refractivity (Wildman–Crippen MR) is 77.6 cm³/mol. The molecular formula is C14H16N2O2S. The maximum Gasteiger partial charge on any atom is 0.266 e. The quantitative estimate of drug-likeness (QED) is 0.870. The molecule has 2 aromatic rings. The van der Waals surface area contributed by atoms with Gasteiger partial charge in [-0.3, -0.25) is 4.79 Å². The average Bonchev–Trinajstić information content (AvgIpc) is 2.77. The van der Waals surface area contributed by atoms with Crippen molar-refractivity contribution in [2.45, 2.75) is 13.0 Å². The highest BCUT2D eigenvalue weighted by Gasteiger charge is 2.27. The summed E-state index contributed by atoms with van der Waals surface area (Å²) < 4.78 is 6.42. The number of nitrogens with zero attached hydrogens (tertiary/aromatic N) is 1. The number of fused-ring (bicyclic) bond motifs is 1. The summed E-state index contributed by atoms with van der Waals surface area (Å²) in [6, 6.07) is 7.96. The van der Waals surface area contributed by atoms with Gasteiger partial charge in [-0.25, -0.2) is 0 Å². The third-order valence-electron chi connectivity index (χ3n) is 3.46. The van der Waals surface area contributed by atoms with E-state index in [4.69, 9.17) is 10.5 Å². The summed E-state index contributed by atoms with van der Waals surface area (Å²) >= 11 is 1.47. The van der Waals surface area contributed by atoms with E-state index in [0.29, 0.717) is 30.3 Å². The summed E-state index contributed by atoms with van der Waals surface area (Å²) in [4.78, 5) is 15.1. The van der Waals surface area contributed by atoms with Gasteiger partial charge < -0.3 is 15.4 Å². The van der Waals surface area contributed by atoms with Crippen LogP contribution in [0.1, 0.15) is 16.6 Å². The standard InChI is InChI=1S/C14H16N2O2S/c1-9-8-18-7-6-16(9)14(17)13-12(15)10-4-2-3-5-11(10)19-13/h2-5,9H,6-8,15H2,1H3. The second-order valence-electron chi connectivity index (χ2n) is 4.76. The Kier molecular flexibility index (Phi) is 3.16. The van der Waals surface area contributed by atoms with E-state index in [2.05, 4.69) is 0 Å². The molecule has 3 rings (SSSR count). The van der Waals surface area contributed by atoms with Crippen molar-refractivity contribution in [3.8, 4) is 0 Å². The van der Waals surface area contributed by atoms with E-state index in [-0.39, 0.29) is 11.9 Å². The number of carbonyl (C=O) groups excluding carboxylic acids is 1. The summed E-state index contributed by atoms with van der Waals surface area (Å²) in [7, 11) is 0. The van der Waals surface area contributed by atoms with Crippen LogP contribution in [0.5, 0.6) is 0 Å². The van der Waals surface area contributed by atoms with Gasteiger partial charge in [-0.05, 0) is 13.0 Å². The lowest BCUT2D eigenvalue weighted by atomic mass is 10.2. The third kappa shape index (κ3) is 2.09. The Hall–Kier alpha value is -1.59. The average molecular weight is 276 g/mol. The molecule has 0 spiro atoms. The molecule has 5 heteroatoms. The highest BCUT2D eigenvalue weighted by Crippen LogP contribution is 2.34. The summed E-state index contributed by atoms with van der Waals surface area (Å²) in [5.41, 5.74) is 6.72. The SMILES string of the molecule is CC1COCCN1C(=O)c1sc2ccccc2c1N. The molecule has 1 saturated heterocycles. The number of morpholine rings is 1. The second-order valence-corrected chi connectivity index (χ2v) is 5.82. The van der Waals surface area contributed by atoms with Crippen molar-refractivity contribution in [2.75, 3.05) is 25.5 Å². The number of anilines is 1. The molecule has 1 aromatic heterocycles. The molecule has 1 atom stereocenters. The molecule has 19 heavy (non-hydrogen) atoms. The molecule has 0 saturated carbocycles. The van der Waals surface area contributed by atoms with Crippen molar-refractivity contribution < 1.29 is 9.53 Å². The lowest BCUT2D eigenvalue weighted by molar-refractivity contribution is 0.00392. The van der Waals surface area contributed by atoms with E-state index >= 15 is 0 Å². The van der Waals surface area contributed by atoms with Crippen molar-refractivity contribution in [1.82, 2.24) is 4.90 Å². The predicted octanol–water partition coefficient (Wildman–Crippen LogP) is 2.34. The van der Waals surface area contributed by atoms with Crippen molar-refractivity contribution in [1.29, 1.82) is 0 Å². The molecule has 4 nitrogen and oxygen atoms in total. The van der Waals surface area contributed by atoms with Crippen LogP contribution in [0.25, 0.3) is 10.1 Å². The van der Waals surface area contributed by atoms with Gasteiger partial charge in [0.15, 0.2) is 0 Å². The number of carbonyl (C=O) groups is 1. The number of nitrogen functional groups attached to an aromatic ring is 1. The Bertz CT molecular complexity index is 623. The first kappa shape index (κ1) is 12.4. The zero-order chi connectivity index (χ0) is 13.4. The number of rotatable bonds is 1. The number of hydrogen-bond acceptors (Lipinski definition) is 4. The largest absolute Gasteiger partial charge is 0.397 e. The van der Waals surface area contributed by atoms with Crippen molar-refractivity contribution in [3.05, 3.63) is 29.1 Å². The summed E-state index contributed by atoms with van der Waals surface area (Å²) in [6.07, 6.45) is 0. The van der Waals surface area contributed by atoms with E-state index < -0.39 is 0 Å². The van der Waals surface area contributed by atoms with E-state index in [1.54, 1.807) is 0 Å². The van der Waals surface area contributed by atoms with Crippen molar-refractivity contribution >= 4 is 33.0 Å². The summed E-state index contributed by atoms with van der Waals surface area (Å²) in [5, 5.41) is 0.969. The first-order valence-corrected chi connectivity index (χ1v) is 7.16. The zero-order valence-electron chi connectivity index (χ0n) is 10.8. The molecule has 2 heterocycles. The Morgan fingerprint density at radius 3 is 3.00 bits per heavy atom. The number of ether oxygens (including phenoxy) is 1. The van der Waals surface area contributed by atoms with Gasteiger partial charge in [0.2, 0.25) is 0 Å². The monoisotopic (exact) mass is 276 g/mol. The van der Waals surface area contributed by atoms with Crippen LogP contribution in [0.3, 0.4) is 0 Å². The Balaban J connectivity index is 1.99. The Morgan fingerprint density at radius 1 is 1.47 bits per heavy atom. The van der Waals surface area contributed by atoms with E-state index in [1.165, 1.54) is 11.3 Å². The van der Waals surface area contributed by atoms with Crippen LogP contribution >= 0.6 is 11.3 Å². The van der Waals surface area contributed by atoms with Crippen LogP contribution in [-0.2, 0) is 4.74 Å². The van der Waals surface area contributed by atoms with Crippen LogP contribution in [0.2, 0.25) is 0 Å². The number of benzene rings is 1. The fraction of sp³-hybridized carbons (Fsp3) is 0.357. The first-order chi connectivity index (χ1) is 9.18. The fourth-order valence-electron chi connectivity index (χ4n) is 2.38. The minimum absolute atomic E-state index is 0.0227. The maximum atomic E-state index is 12.6. The Morgan fingerprint density at radius 2 is 2.26 bits per heavy atom. The molecule has 1 fully saturated rings. The van der Waals surface area contributed by atoms with E-state index in [1.807, 2.05) is 36.1 Å². The molecule has 0 bridgehead atoms. The second kappa shape index (κ2) is 4.83. The van der Waals surface area contributed by atoms with Gasteiger partial charge in [0, 0.05) is 16.6 Å². The lowest BCUT2D eigenvalue weighted by Crippen LogP contribution is -2.47. The maximum absolute atomic E-state index is 12.6. The van der Waals surface area contributed by atoms with Gasteiger partial charge in [0.25, 0.3) is 5.91 Å². The molecule has 100 valence electrons. The molecule has 1 aromatic carbocycles. The normalized spacial score (nSPS) is 19.8. The highest BCUT2D eigenvalue weighted by atomic mass is 32.1. The highest BCUT2D eigenvalue weighted by molar-refractivity contribution is 7.21. The molecule has 1 aliphatic rings. The minimum Gasteiger partial charge on any atom is -0.397 e. The van der Waals surface area contributed by atoms with Gasteiger partial charge in [-0.15, -0.1) is 11.3 Å². The van der Waals surface area contributed by atoms with Gasteiger partial charge in [-0.1, -0.05) is 18.2 Å². The van der Waals surface area contributed by atoms with Crippen molar-refractivity contribution in [3.63, 3.8) is 0 Å². The molecule has 0 aliphatic carbocycles. The summed E-state index contributed by atoms with van der Waals surface area (Å²) in [5.74, 6) is 0.0227. The first-order valence-electron chi connectivity index (χ1n) is 6.34. The number of thiophene rings is 1. The van der Waals surface area contributed by atoms with Crippen LogP contribution < -0.4 is 5.73 Å². The number of amides is 1. The number of hydrogen-bond donors (Lipinski definition) is 1. The molecule has 1 aliphatic heterocycles. The fourth-order valence-corrected chi connectivity index (χ4v) is 3.46. The number of nitrogens with two attached hydrogens (primary N) is 1. The van der Waals surface area contributed by atoms with Gasteiger partial charge in [0.05, 0.1) is 24.9 Å². The molecule has 1 unspecified atom stereocenters. The van der Waals surface area contributed by atoms with Gasteiger partial charge in [-0.2, -0.15) is 0 Å². The molecular weight excluding hydrogens is 260 g/mol. The molecule has 2 N–H and O–H groups in total. The van der Waals surface area contributed by atoms with Crippen LogP contribution in [0.15, 0.2) is 24.3 Å². The van der Waals surface area contributed by atoms with Crippen LogP contribution in [-0.4, -0.2) is 36.6 Å². The van der Waals surface area contributed by atoms with Gasteiger partial charge >= 0.3 is 0 Å². The minimum atomic E-state index is 0.0227. The zero-order valence-corrected chi connectivity index (χ0v) is 11.6. The van der Waals surface area contributed by atoms with Gasteiger partial charge in [0.1, 0.15) is 4.88 Å². The van der Waals surface area contributed by atoms with Crippen LogP contribution in [0.4, 0.5) is 5.69 Å². The molecule has 1 amide bonds. The van der Waals surface area contributed by atoms with E-state index in [0.717, 1.165) is 10.1 Å². The van der Waals surface area contributed by atoms with Crippen LogP contribution in [0, 0.1) is 0 Å².